The van der Waals surface area contributed by atoms with Gasteiger partial charge in [-0.1, -0.05) is 188 Å². The Balaban J connectivity index is 1.14. The van der Waals surface area contributed by atoms with Crippen LogP contribution in [-0.4, -0.2) is 14.6 Å². The molecule has 0 amide bonds. The maximum atomic E-state index is 5.40. The predicted octanol–water partition coefficient (Wildman–Crippen LogP) is 13.6. The van der Waals surface area contributed by atoms with Gasteiger partial charge in [-0.3, -0.25) is 0 Å². The smallest absolute Gasteiger partial charge is 0.101 e. The lowest BCUT2D eigenvalue weighted by Gasteiger charge is -2.13. The first-order chi connectivity index (χ1) is 27.3. The zero-order valence-corrected chi connectivity index (χ0v) is 30.0. The van der Waals surface area contributed by atoms with Gasteiger partial charge in [0.05, 0.1) is 22.6 Å². The van der Waals surface area contributed by atoms with E-state index >= 15 is 0 Å². The van der Waals surface area contributed by atoms with Crippen molar-refractivity contribution in [1.29, 1.82) is 0 Å². The van der Waals surface area contributed by atoms with Crippen LogP contribution in [0.3, 0.4) is 0 Å². The van der Waals surface area contributed by atoms with Crippen LogP contribution in [-0.2, 0) is 0 Å². The minimum absolute atomic E-state index is 0.958. The van der Waals surface area contributed by atoms with E-state index < -0.39 is 0 Å². The number of aromatic nitrogens is 3. The molecule has 3 aromatic heterocycles. The predicted molar refractivity (Wildman–Crippen MR) is 229 cm³/mol. The Bertz CT molecular complexity index is 2860. The second-order valence-electron chi connectivity index (χ2n) is 13.8. The van der Waals surface area contributed by atoms with E-state index in [1.165, 1.54) is 5.39 Å². The van der Waals surface area contributed by atoms with E-state index in [2.05, 4.69) is 205 Å². The molecule has 3 nitrogen and oxygen atoms in total. The standard InChI is InChI=1S/C52H35N3/c1-6-16-38(17-7-1)47-33-45(34-48(53-47)39-18-8-2-9-19-39)37-28-26-36(27-29-37)43-30-31-44-35-49(40-20-10-3-11-21-40)55-52(46(44)32-43)50(41-22-12-4-13-23-41)51(54-55)42-24-14-5-15-25-42/h1-35H. The quantitative estimate of drug-likeness (QED) is 0.166. The van der Waals surface area contributed by atoms with Crippen molar-refractivity contribution in [2.24, 2.45) is 0 Å². The molecule has 0 aliphatic carbocycles. The fourth-order valence-electron chi connectivity index (χ4n) is 7.67. The normalized spacial score (nSPS) is 11.3. The summed E-state index contributed by atoms with van der Waals surface area (Å²) < 4.78 is 2.16. The van der Waals surface area contributed by atoms with Crippen LogP contribution in [0.15, 0.2) is 212 Å². The van der Waals surface area contributed by atoms with E-state index in [0.29, 0.717) is 0 Å². The van der Waals surface area contributed by atoms with Gasteiger partial charge in [-0.25, -0.2) is 9.50 Å². The van der Waals surface area contributed by atoms with Gasteiger partial charge in [0, 0.05) is 33.2 Å². The molecular formula is C52H35N3. The number of hydrogen-bond donors (Lipinski definition) is 0. The number of nitrogens with zero attached hydrogens (tertiary/aromatic N) is 3. The number of hydrogen-bond acceptors (Lipinski definition) is 2. The first kappa shape index (κ1) is 32.3. The van der Waals surface area contributed by atoms with Gasteiger partial charge in [0.2, 0.25) is 0 Å². The van der Waals surface area contributed by atoms with Gasteiger partial charge in [0.1, 0.15) is 5.69 Å². The molecule has 0 atom stereocenters. The molecule has 0 N–H and O–H groups in total. The van der Waals surface area contributed by atoms with Crippen molar-refractivity contribution in [2.45, 2.75) is 0 Å². The highest BCUT2D eigenvalue weighted by Crippen LogP contribution is 2.42. The molecule has 55 heavy (non-hydrogen) atoms. The van der Waals surface area contributed by atoms with E-state index in [1.54, 1.807) is 0 Å². The molecule has 0 unspecified atom stereocenters. The van der Waals surface area contributed by atoms with Gasteiger partial charge < -0.3 is 0 Å². The Kier molecular flexibility index (Phi) is 8.16. The summed E-state index contributed by atoms with van der Waals surface area (Å²) in [6.45, 7) is 0. The summed E-state index contributed by atoms with van der Waals surface area (Å²) in [5.74, 6) is 0. The maximum Gasteiger partial charge on any atom is 0.101 e. The van der Waals surface area contributed by atoms with Crippen molar-refractivity contribution in [3.63, 3.8) is 0 Å². The summed E-state index contributed by atoms with van der Waals surface area (Å²) in [7, 11) is 0. The van der Waals surface area contributed by atoms with Gasteiger partial charge in [0.25, 0.3) is 0 Å². The third-order valence-electron chi connectivity index (χ3n) is 10.4. The van der Waals surface area contributed by atoms with E-state index in [1.807, 2.05) is 12.1 Å². The monoisotopic (exact) mass is 701 g/mol. The van der Waals surface area contributed by atoms with Crippen LogP contribution in [0.2, 0.25) is 0 Å². The Labute approximate surface area is 320 Å². The van der Waals surface area contributed by atoms with E-state index in [4.69, 9.17) is 10.1 Å². The highest BCUT2D eigenvalue weighted by molar-refractivity contribution is 6.09. The van der Waals surface area contributed by atoms with Gasteiger partial charge in [-0.2, -0.15) is 5.10 Å². The van der Waals surface area contributed by atoms with Crippen LogP contribution in [0.5, 0.6) is 0 Å². The molecule has 10 rings (SSSR count). The zero-order valence-electron chi connectivity index (χ0n) is 30.0. The second kappa shape index (κ2) is 13.9. The fourth-order valence-corrected chi connectivity index (χ4v) is 7.67. The molecule has 0 spiro atoms. The summed E-state index contributed by atoms with van der Waals surface area (Å²) in [4.78, 5) is 5.09. The lowest BCUT2D eigenvalue weighted by Crippen LogP contribution is -1.96. The third kappa shape index (κ3) is 6.08. The molecule has 0 radical (unpaired) electrons. The molecular weight excluding hydrogens is 667 g/mol. The van der Waals surface area contributed by atoms with Crippen molar-refractivity contribution in [2.75, 3.05) is 0 Å². The van der Waals surface area contributed by atoms with Gasteiger partial charge in [-0.05, 0) is 57.5 Å². The summed E-state index contributed by atoms with van der Waals surface area (Å²) in [6, 6.07) is 75.1. The lowest BCUT2D eigenvalue weighted by atomic mass is 9.94. The number of pyridine rings is 2. The lowest BCUT2D eigenvalue weighted by molar-refractivity contribution is 0.979. The van der Waals surface area contributed by atoms with Crippen molar-refractivity contribution in [1.82, 2.24) is 14.6 Å². The van der Waals surface area contributed by atoms with Gasteiger partial charge in [-0.15, -0.1) is 0 Å². The number of benzene rings is 7. The summed E-state index contributed by atoms with van der Waals surface area (Å²) in [6.07, 6.45) is 0. The molecule has 10 aromatic rings. The van der Waals surface area contributed by atoms with Crippen LogP contribution in [0.25, 0.3) is 94.7 Å². The molecule has 7 aromatic carbocycles. The van der Waals surface area contributed by atoms with E-state index in [-0.39, 0.29) is 0 Å². The number of rotatable bonds is 7. The Hall–Kier alpha value is -7.36. The van der Waals surface area contributed by atoms with Crippen LogP contribution < -0.4 is 0 Å². The SMILES string of the molecule is c1ccc(-c2cc(-c3ccc(-c4ccc5cc(-c6ccccc6)n6nc(-c7ccccc7)c(-c7ccccc7)c6c5c4)cc3)cc(-c3ccccc3)n2)cc1. The van der Waals surface area contributed by atoms with Gasteiger partial charge >= 0.3 is 0 Å². The topological polar surface area (TPSA) is 30.2 Å². The second-order valence-corrected chi connectivity index (χ2v) is 13.8. The van der Waals surface area contributed by atoms with Crippen LogP contribution >= 0.6 is 0 Å². The molecule has 3 heterocycles. The zero-order chi connectivity index (χ0) is 36.6. The summed E-state index contributed by atoms with van der Waals surface area (Å²) in [5, 5.41) is 7.73. The molecule has 0 aliphatic heterocycles. The first-order valence-corrected chi connectivity index (χ1v) is 18.7. The maximum absolute atomic E-state index is 5.40. The molecule has 0 bridgehead atoms. The summed E-state index contributed by atoms with van der Waals surface area (Å²) in [5.41, 5.74) is 16.3. The minimum Gasteiger partial charge on any atom is -0.248 e. The molecule has 0 saturated carbocycles. The minimum atomic E-state index is 0.958. The molecule has 0 saturated heterocycles. The molecule has 258 valence electrons. The van der Waals surface area contributed by atoms with E-state index in [0.717, 1.165) is 89.3 Å². The Morgan fingerprint density at radius 3 is 1.33 bits per heavy atom. The largest absolute Gasteiger partial charge is 0.248 e. The highest BCUT2D eigenvalue weighted by atomic mass is 15.2. The van der Waals surface area contributed by atoms with Crippen molar-refractivity contribution < 1.29 is 0 Å². The van der Waals surface area contributed by atoms with E-state index in [9.17, 15) is 0 Å². The summed E-state index contributed by atoms with van der Waals surface area (Å²) >= 11 is 0. The average molecular weight is 702 g/mol. The highest BCUT2D eigenvalue weighted by Gasteiger charge is 2.22. The van der Waals surface area contributed by atoms with Crippen molar-refractivity contribution in [3.8, 4) is 78.4 Å². The van der Waals surface area contributed by atoms with Crippen LogP contribution in [0.1, 0.15) is 0 Å². The molecule has 0 fully saturated rings. The Morgan fingerprint density at radius 1 is 0.327 bits per heavy atom. The van der Waals surface area contributed by atoms with Crippen molar-refractivity contribution in [3.05, 3.63) is 212 Å². The van der Waals surface area contributed by atoms with Crippen LogP contribution in [0.4, 0.5) is 0 Å². The van der Waals surface area contributed by atoms with Crippen LogP contribution in [0, 0.1) is 0 Å². The first-order valence-electron chi connectivity index (χ1n) is 18.7. The fraction of sp³-hybridized carbons (Fsp3) is 0. The average Bonchev–Trinajstić information content (AvgIpc) is 3.69. The third-order valence-corrected chi connectivity index (χ3v) is 10.4. The van der Waals surface area contributed by atoms with Gasteiger partial charge in [0.15, 0.2) is 0 Å². The van der Waals surface area contributed by atoms with Crippen molar-refractivity contribution >= 4 is 16.3 Å². The molecule has 0 aliphatic rings. The number of fused-ring (bicyclic) bond motifs is 3. The Morgan fingerprint density at radius 2 is 0.782 bits per heavy atom. The molecule has 3 heteroatoms.